The van der Waals surface area contributed by atoms with Gasteiger partial charge in [0.05, 0.1) is 19.1 Å². The second-order valence-corrected chi connectivity index (χ2v) is 4.67. The van der Waals surface area contributed by atoms with E-state index in [1.165, 1.54) is 4.90 Å². The predicted molar refractivity (Wildman–Crippen MR) is 67.9 cm³/mol. The summed E-state index contributed by atoms with van der Waals surface area (Å²) in [5, 5.41) is 11.7. The first kappa shape index (κ1) is 14.5. The molecule has 2 N–H and O–H groups in total. The quantitative estimate of drug-likeness (QED) is 0.674. The average molecular weight is 252 g/mol. The Morgan fingerprint density at radius 3 is 2.61 bits per heavy atom. The zero-order valence-electron chi connectivity index (χ0n) is 10.7. The van der Waals surface area contributed by atoms with Crippen LogP contribution in [0, 0.1) is 12.3 Å². The number of rotatable bonds is 6. The van der Waals surface area contributed by atoms with Crippen molar-refractivity contribution in [3.05, 3.63) is 0 Å². The fraction of sp³-hybridized carbons (Fsp3) is 0.692. The molecule has 1 aliphatic rings. The number of amides is 1. The lowest BCUT2D eigenvalue weighted by Crippen LogP contribution is -2.49. The van der Waals surface area contributed by atoms with E-state index in [0.717, 1.165) is 25.7 Å². The minimum Gasteiger partial charge on any atom is -0.480 e. The molecule has 0 aromatic rings. The second-order valence-electron chi connectivity index (χ2n) is 4.67. The number of carbonyl (C=O) groups excluding carboxylic acids is 1. The second kappa shape index (κ2) is 7.02. The third-order valence-corrected chi connectivity index (χ3v) is 3.26. The van der Waals surface area contributed by atoms with Gasteiger partial charge in [0.25, 0.3) is 0 Å². The largest absolute Gasteiger partial charge is 0.480 e. The first-order valence-electron chi connectivity index (χ1n) is 6.24. The molecule has 0 spiro atoms. The summed E-state index contributed by atoms with van der Waals surface area (Å²) in [5.41, 5.74) is 0. The number of terminal acetylenes is 1. The number of nitrogens with one attached hydrogen (secondary N) is 1. The number of carboxylic acid groups (broad SMARTS) is 1. The SMILES string of the molecule is C#CCN(CC(=O)O)C(C)C(=O)NC1CCCC1. The summed E-state index contributed by atoms with van der Waals surface area (Å²) < 4.78 is 0. The molecule has 100 valence electrons. The van der Waals surface area contributed by atoms with E-state index < -0.39 is 12.0 Å². The maximum Gasteiger partial charge on any atom is 0.317 e. The standard InChI is InChI=1S/C13H20N2O3/c1-3-8-15(9-12(16)17)10(2)13(18)14-11-6-4-5-7-11/h1,10-11H,4-9H2,2H3,(H,14,18)(H,16,17). The van der Waals surface area contributed by atoms with Crippen molar-refractivity contribution in [2.24, 2.45) is 0 Å². The number of aliphatic carboxylic acids is 1. The highest BCUT2D eigenvalue weighted by Gasteiger charge is 2.25. The Balaban J connectivity index is 2.52. The fourth-order valence-electron chi connectivity index (χ4n) is 2.18. The first-order chi connectivity index (χ1) is 8.54. The van der Waals surface area contributed by atoms with E-state index in [0.29, 0.717) is 0 Å². The van der Waals surface area contributed by atoms with Gasteiger partial charge in [0.1, 0.15) is 0 Å². The molecule has 18 heavy (non-hydrogen) atoms. The highest BCUT2D eigenvalue weighted by Crippen LogP contribution is 2.17. The molecule has 0 aromatic heterocycles. The molecule has 0 aliphatic heterocycles. The van der Waals surface area contributed by atoms with E-state index >= 15 is 0 Å². The molecular formula is C13H20N2O3. The Labute approximate surface area is 108 Å². The lowest BCUT2D eigenvalue weighted by Gasteiger charge is -2.26. The van der Waals surface area contributed by atoms with Crippen LogP contribution in [0.1, 0.15) is 32.6 Å². The molecule has 1 rings (SSSR count). The molecule has 0 aromatic carbocycles. The predicted octanol–water partition coefficient (Wildman–Crippen LogP) is 0.454. The van der Waals surface area contributed by atoms with E-state index in [9.17, 15) is 9.59 Å². The van der Waals surface area contributed by atoms with Crippen LogP contribution < -0.4 is 5.32 Å². The van der Waals surface area contributed by atoms with E-state index in [4.69, 9.17) is 11.5 Å². The Kier molecular flexibility index (Phi) is 5.66. The average Bonchev–Trinajstić information content (AvgIpc) is 2.79. The Bertz CT molecular complexity index is 343. The third-order valence-electron chi connectivity index (χ3n) is 3.26. The summed E-state index contributed by atoms with van der Waals surface area (Å²) in [6.45, 7) is 1.62. The van der Waals surface area contributed by atoms with Crippen molar-refractivity contribution in [1.29, 1.82) is 0 Å². The Morgan fingerprint density at radius 2 is 2.11 bits per heavy atom. The summed E-state index contributed by atoms with van der Waals surface area (Å²) in [4.78, 5) is 24.2. The molecular weight excluding hydrogens is 232 g/mol. The topological polar surface area (TPSA) is 69.6 Å². The number of carboxylic acids is 1. The molecule has 5 heteroatoms. The van der Waals surface area contributed by atoms with Gasteiger partial charge >= 0.3 is 5.97 Å². The first-order valence-corrected chi connectivity index (χ1v) is 6.24. The van der Waals surface area contributed by atoms with Crippen LogP contribution in [0.4, 0.5) is 0 Å². The van der Waals surface area contributed by atoms with Crippen molar-refractivity contribution < 1.29 is 14.7 Å². The normalized spacial score (nSPS) is 17.4. The summed E-state index contributed by atoms with van der Waals surface area (Å²) in [7, 11) is 0. The molecule has 1 fully saturated rings. The van der Waals surface area contributed by atoms with Crippen LogP contribution in [-0.2, 0) is 9.59 Å². The van der Waals surface area contributed by atoms with E-state index in [2.05, 4.69) is 11.2 Å². The fourth-order valence-corrected chi connectivity index (χ4v) is 2.18. The maximum atomic E-state index is 12.0. The summed E-state index contributed by atoms with van der Waals surface area (Å²) in [6.07, 6.45) is 9.49. The van der Waals surface area contributed by atoms with Crippen LogP contribution in [0.15, 0.2) is 0 Å². The van der Waals surface area contributed by atoms with Gasteiger partial charge in [0.15, 0.2) is 0 Å². The van der Waals surface area contributed by atoms with Crippen LogP contribution in [-0.4, -0.2) is 47.1 Å². The Hall–Kier alpha value is -1.54. The van der Waals surface area contributed by atoms with E-state index in [1.807, 2.05) is 0 Å². The van der Waals surface area contributed by atoms with Crippen LogP contribution >= 0.6 is 0 Å². The van der Waals surface area contributed by atoms with Crippen molar-refractivity contribution in [1.82, 2.24) is 10.2 Å². The van der Waals surface area contributed by atoms with Crippen LogP contribution in [0.2, 0.25) is 0 Å². The molecule has 1 unspecified atom stereocenters. The van der Waals surface area contributed by atoms with Crippen molar-refractivity contribution >= 4 is 11.9 Å². The summed E-state index contributed by atoms with van der Waals surface area (Å²) >= 11 is 0. The summed E-state index contributed by atoms with van der Waals surface area (Å²) in [6, 6.07) is -0.282. The van der Waals surface area contributed by atoms with E-state index in [1.54, 1.807) is 6.92 Å². The van der Waals surface area contributed by atoms with Gasteiger partial charge in [-0.15, -0.1) is 6.42 Å². The molecule has 0 heterocycles. The molecule has 1 amide bonds. The molecule has 1 atom stereocenters. The molecule has 0 saturated heterocycles. The van der Waals surface area contributed by atoms with Gasteiger partial charge in [-0.25, -0.2) is 0 Å². The zero-order chi connectivity index (χ0) is 13.5. The molecule has 5 nitrogen and oxygen atoms in total. The zero-order valence-corrected chi connectivity index (χ0v) is 10.7. The third kappa shape index (κ3) is 4.38. The lowest BCUT2D eigenvalue weighted by atomic mass is 10.2. The molecule has 1 aliphatic carbocycles. The molecule has 1 saturated carbocycles. The van der Waals surface area contributed by atoms with Crippen LogP contribution in [0.25, 0.3) is 0 Å². The number of nitrogens with zero attached hydrogens (tertiary/aromatic N) is 1. The van der Waals surface area contributed by atoms with Gasteiger partial charge in [0, 0.05) is 6.04 Å². The molecule has 0 radical (unpaired) electrons. The van der Waals surface area contributed by atoms with Crippen molar-refractivity contribution in [2.45, 2.75) is 44.7 Å². The van der Waals surface area contributed by atoms with Crippen LogP contribution in [0.3, 0.4) is 0 Å². The molecule has 0 bridgehead atoms. The summed E-state index contributed by atoms with van der Waals surface area (Å²) in [5.74, 6) is 1.26. The minimum atomic E-state index is -0.981. The van der Waals surface area contributed by atoms with E-state index in [-0.39, 0.29) is 25.0 Å². The maximum absolute atomic E-state index is 12.0. The Morgan fingerprint density at radius 1 is 1.50 bits per heavy atom. The van der Waals surface area contributed by atoms with Crippen LogP contribution in [0.5, 0.6) is 0 Å². The van der Waals surface area contributed by atoms with Gasteiger partial charge < -0.3 is 10.4 Å². The van der Waals surface area contributed by atoms with Crippen molar-refractivity contribution in [3.63, 3.8) is 0 Å². The highest BCUT2D eigenvalue weighted by atomic mass is 16.4. The van der Waals surface area contributed by atoms with Crippen molar-refractivity contribution in [2.75, 3.05) is 13.1 Å². The number of hydrogen-bond acceptors (Lipinski definition) is 3. The van der Waals surface area contributed by atoms with Gasteiger partial charge in [-0.05, 0) is 19.8 Å². The smallest absolute Gasteiger partial charge is 0.317 e. The van der Waals surface area contributed by atoms with Gasteiger partial charge in [-0.1, -0.05) is 18.8 Å². The van der Waals surface area contributed by atoms with Gasteiger partial charge in [-0.3, -0.25) is 14.5 Å². The van der Waals surface area contributed by atoms with Crippen molar-refractivity contribution in [3.8, 4) is 12.3 Å². The number of hydrogen-bond donors (Lipinski definition) is 2. The van der Waals surface area contributed by atoms with Gasteiger partial charge in [-0.2, -0.15) is 0 Å². The number of carbonyl (C=O) groups is 2. The monoisotopic (exact) mass is 252 g/mol. The van der Waals surface area contributed by atoms with Gasteiger partial charge in [0.2, 0.25) is 5.91 Å². The lowest BCUT2D eigenvalue weighted by molar-refractivity contribution is -0.139. The highest BCUT2D eigenvalue weighted by molar-refractivity contribution is 5.82. The minimum absolute atomic E-state index is 0.140.